The van der Waals surface area contributed by atoms with Gasteiger partial charge in [-0.3, -0.25) is 9.59 Å². The third-order valence-electron chi connectivity index (χ3n) is 7.09. The zero-order valence-corrected chi connectivity index (χ0v) is 26.2. The van der Waals surface area contributed by atoms with Gasteiger partial charge in [0.05, 0.1) is 42.7 Å². The lowest BCUT2D eigenvalue weighted by Crippen LogP contribution is -2.43. The van der Waals surface area contributed by atoms with Gasteiger partial charge in [-0.2, -0.15) is 0 Å². The molecule has 0 unspecified atom stereocenters. The van der Waals surface area contributed by atoms with Gasteiger partial charge in [0.2, 0.25) is 23.3 Å². The predicted octanol–water partition coefficient (Wildman–Crippen LogP) is 5.12. The summed E-state index contributed by atoms with van der Waals surface area (Å²) in [4.78, 5) is 24.9. The highest BCUT2D eigenvalue weighted by atomic mass is 16.5. The Morgan fingerprint density at radius 3 is 1.14 bits per heavy atom. The standard InChI is InChI=1S/C34H42N2O8/c1-39-27-19-23(20-28(40-2)33(27)43-5)11-7-9-13-31(37)35-25-15-17-26(18-16-25)36-32(38)14-10-8-12-24-21-29(41-3)34(44-6)30(22-24)42-4/h7-14,19-22,25-26H,15-18H2,1-6H3,(H,35,37)(H,36,38). The number of nitrogens with one attached hydrogen (secondary N) is 2. The van der Waals surface area contributed by atoms with Crippen molar-refractivity contribution in [1.29, 1.82) is 0 Å². The van der Waals surface area contributed by atoms with E-state index in [0.717, 1.165) is 36.8 Å². The monoisotopic (exact) mass is 606 g/mol. The van der Waals surface area contributed by atoms with Gasteiger partial charge in [0.1, 0.15) is 0 Å². The van der Waals surface area contributed by atoms with Crippen molar-refractivity contribution in [3.05, 3.63) is 71.8 Å². The second-order valence-electron chi connectivity index (χ2n) is 9.92. The zero-order chi connectivity index (χ0) is 31.9. The minimum Gasteiger partial charge on any atom is -0.493 e. The van der Waals surface area contributed by atoms with Crippen LogP contribution in [-0.4, -0.2) is 66.6 Å². The number of allylic oxidation sites excluding steroid dienone is 4. The lowest BCUT2D eigenvalue weighted by atomic mass is 9.91. The van der Waals surface area contributed by atoms with Crippen molar-refractivity contribution in [1.82, 2.24) is 10.6 Å². The number of hydrogen-bond acceptors (Lipinski definition) is 8. The molecule has 0 aromatic heterocycles. The average molecular weight is 607 g/mol. The van der Waals surface area contributed by atoms with Crippen molar-refractivity contribution in [2.75, 3.05) is 42.7 Å². The molecule has 1 aliphatic carbocycles. The fourth-order valence-corrected chi connectivity index (χ4v) is 4.90. The molecule has 2 N–H and O–H groups in total. The molecule has 0 saturated heterocycles. The minimum absolute atomic E-state index is 0.0661. The van der Waals surface area contributed by atoms with Gasteiger partial charge in [-0.25, -0.2) is 0 Å². The molecule has 0 bridgehead atoms. The Morgan fingerprint density at radius 2 is 0.864 bits per heavy atom. The number of ether oxygens (including phenoxy) is 6. The van der Waals surface area contributed by atoms with Gasteiger partial charge in [-0.05, 0) is 61.1 Å². The summed E-state index contributed by atoms with van der Waals surface area (Å²) in [7, 11) is 9.36. The maximum atomic E-state index is 12.4. The first-order valence-corrected chi connectivity index (χ1v) is 14.3. The molecule has 2 aromatic carbocycles. The SMILES string of the molecule is COc1cc(C=CC=CC(=O)NC2CCC(NC(=O)C=CC=Cc3cc(OC)c(OC)c(OC)c3)CC2)cc(OC)c1OC. The van der Waals surface area contributed by atoms with Gasteiger partial charge < -0.3 is 39.1 Å². The summed E-state index contributed by atoms with van der Waals surface area (Å²) in [6.45, 7) is 0. The molecule has 2 amide bonds. The van der Waals surface area contributed by atoms with Crippen LogP contribution in [0.15, 0.2) is 60.7 Å². The smallest absolute Gasteiger partial charge is 0.244 e. The second-order valence-corrected chi connectivity index (χ2v) is 9.92. The number of amides is 2. The number of hydrogen-bond donors (Lipinski definition) is 2. The van der Waals surface area contributed by atoms with Gasteiger partial charge in [0.25, 0.3) is 0 Å². The Morgan fingerprint density at radius 1 is 0.545 bits per heavy atom. The van der Waals surface area contributed by atoms with E-state index >= 15 is 0 Å². The molecule has 10 heteroatoms. The lowest BCUT2D eigenvalue weighted by molar-refractivity contribution is -0.119. The molecule has 0 radical (unpaired) electrons. The van der Waals surface area contributed by atoms with Crippen molar-refractivity contribution in [3.63, 3.8) is 0 Å². The van der Waals surface area contributed by atoms with E-state index in [1.165, 1.54) is 12.2 Å². The van der Waals surface area contributed by atoms with Crippen LogP contribution in [0.25, 0.3) is 12.2 Å². The molecule has 10 nitrogen and oxygen atoms in total. The summed E-state index contributed by atoms with van der Waals surface area (Å²) >= 11 is 0. The summed E-state index contributed by atoms with van der Waals surface area (Å²) in [5.41, 5.74) is 1.68. The van der Waals surface area contributed by atoms with Crippen LogP contribution in [-0.2, 0) is 9.59 Å². The van der Waals surface area contributed by atoms with Crippen LogP contribution < -0.4 is 39.1 Å². The van der Waals surface area contributed by atoms with Crippen LogP contribution in [0.1, 0.15) is 36.8 Å². The Hall–Kier alpha value is -4.86. The number of carbonyl (C=O) groups is 2. The van der Waals surface area contributed by atoms with Crippen LogP contribution in [0.3, 0.4) is 0 Å². The molecule has 236 valence electrons. The molecular weight excluding hydrogens is 564 g/mol. The first kappa shape index (κ1) is 33.6. The minimum atomic E-state index is -0.158. The van der Waals surface area contributed by atoms with E-state index in [-0.39, 0.29) is 23.9 Å². The molecular formula is C34H42N2O8. The number of benzene rings is 2. The largest absolute Gasteiger partial charge is 0.493 e. The Balaban J connectivity index is 1.42. The van der Waals surface area contributed by atoms with E-state index in [4.69, 9.17) is 28.4 Å². The maximum absolute atomic E-state index is 12.4. The third-order valence-corrected chi connectivity index (χ3v) is 7.09. The van der Waals surface area contributed by atoms with Gasteiger partial charge in [0, 0.05) is 24.2 Å². The van der Waals surface area contributed by atoms with Gasteiger partial charge in [0.15, 0.2) is 23.0 Å². The zero-order valence-electron chi connectivity index (χ0n) is 26.2. The fraction of sp³-hybridized carbons (Fsp3) is 0.353. The third kappa shape index (κ3) is 9.58. The van der Waals surface area contributed by atoms with Crippen LogP contribution in [0, 0.1) is 0 Å². The van der Waals surface area contributed by atoms with Crippen LogP contribution >= 0.6 is 0 Å². The summed E-state index contributed by atoms with van der Waals surface area (Å²) in [6.07, 6.45) is 16.8. The van der Waals surface area contributed by atoms with Crippen molar-refractivity contribution in [2.24, 2.45) is 0 Å². The Bertz CT molecular complexity index is 1230. The van der Waals surface area contributed by atoms with Crippen molar-refractivity contribution >= 4 is 24.0 Å². The van der Waals surface area contributed by atoms with Crippen LogP contribution in [0.2, 0.25) is 0 Å². The fourth-order valence-electron chi connectivity index (χ4n) is 4.90. The quantitative estimate of drug-likeness (QED) is 0.225. The first-order chi connectivity index (χ1) is 21.3. The van der Waals surface area contributed by atoms with Gasteiger partial charge in [-0.1, -0.05) is 36.5 Å². The highest BCUT2D eigenvalue weighted by molar-refractivity contribution is 5.88. The molecule has 0 spiro atoms. The van der Waals surface area contributed by atoms with Gasteiger partial charge in [-0.15, -0.1) is 0 Å². The molecule has 1 aliphatic rings. The number of methoxy groups -OCH3 is 6. The van der Waals surface area contributed by atoms with Crippen molar-refractivity contribution in [3.8, 4) is 34.5 Å². The molecule has 0 aliphatic heterocycles. The van der Waals surface area contributed by atoms with E-state index in [0.29, 0.717) is 34.5 Å². The van der Waals surface area contributed by atoms with E-state index in [9.17, 15) is 9.59 Å². The highest BCUT2D eigenvalue weighted by Crippen LogP contribution is 2.39. The summed E-state index contributed by atoms with van der Waals surface area (Å²) in [5, 5.41) is 6.09. The van der Waals surface area contributed by atoms with Crippen LogP contribution in [0.5, 0.6) is 34.5 Å². The van der Waals surface area contributed by atoms with Gasteiger partial charge >= 0.3 is 0 Å². The molecule has 0 heterocycles. The topological polar surface area (TPSA) is 114 Å². The maximum Gasteiger partial charge on any atom is 0.244 e. The van der Waals surface area contributed by atoms with E-state index in [1.807, 2.05) is 36.4 Å². The lowest BCUT2D eigenvalue weighted by Gasteiger charge is -2.29. The molecule has 3 rings (SSSR count). The van der Waals surface area contributed by atoms with E-state index < -0.39 is 0 Å². The first-order valence-electron chi connectivity index (χ1n) is 14.3. The van der Waals surface area contributed by atoms with E-state index in [1.54, 1.807) is 67.0 Å². The summed E-state index contributed by atoms with van der Waals surface area (Å²) in [5.74, 6) is 2.95. The highest BCUT2D eigenvalue weighted by Gasteiger charge is 2.22. The van der Waals surface area contributed by atoms with Crippen molar-refractivity contribution in [2.45, 2.75) is 37.8 Å². The molecule has 1 fully saturated rings. The second kappa shape index (κ2) is 17.3. The predicted molar refractivity (Wildman–Crippen MR) is 171 cm³/mol. The Kier molecular flexibility index (Phi) is 13.2. The molecule has 1 saturated carbocycles. The molecule has 44 heavy (non-hydrogen) atoms. The van der Waals surface area contributed by atoms with Crippen molar-refractivity contribution < 1.29 is 38.0 Å². The van der Waals surface area contributed by atoms with Crippen LogP contribution in [0.4, 0.5) is 0 Å². The van der Waals surface area contributed by atoms with E-state index in [2.05, 4.69) is 10.6 Å². The normalized spacial score (nSPS) is 16.8. The summed E-state index contributed by atoms with van der Waals surface area (Å²) < 4.78 is 32.2. The molecule has 0 atom stereocenters. The number of rotatable bonds is 14. The average Bonchev–Trinajstić information content (AvgIpc) is 3.04. The Labute approximate surface area is 259 Å². The molecule has 2 aromatic rings. The number of carbonyl (C=O) groups excluding carboxylic acids is 2. The summed E-state index contributed by atoms with van der Waals surface area (Å²) in [6, 6.07) is 7.44.